The number of methoxy groups -OCH3 is 1. The van der Waals surface area contributed by atoms with Gasteiger partial charge in [-0.25, -0.2) is 0 Å². The molecule has 0 saturated heterocycles. The molecule has 1 rings (SSSR count). The highest BCUT2D eigenvalue weighted by molar-refractivity contribution is 4.96. The maximum atomic E-state index is 10.1. The third-order valence-electron chi connectivity index (χ3n) is 2.86. The van der Waals surface area contributed by atoms with E-state index >= 15 is 0 Å². The minimum atomic E-state index is -0.671. The maximum absolute atomic E-state index is 10.1. The quantitative estimate of drug-likeness (QED) is 0.659. The van der Waals surface area contributed by atoms with Crippen LogP contribution in [-0.4, -0.2) is 30.0 Å². The molecular weight excluding hydrogens is 154 g/mol. The van der Waals surface area contributed by atoms with Crippen molar-refractivity contribution in [3.05, 3.63) is 0 Å². The van der Waals surface area contributed by atoms with Crippen LogP contribution in [0.5, 0.6) is 0 Å². The Labute approximate surface area is 73.9 Å². The lowest BCUT2D eigenvalue weighted by atomic mass is 9.91. The molecule has 3 unspecified atom stereocenters. The Bertz CT molecular complexity index is 151. The molecular formula is C9H19NO2. The van der Waals surface area contributed by atoms with Crippen LogP contribution in [-0.2, 0) is 4.74 Å². The van der Waals surface area contributed by atoms with Gasteiger partial charge in [0.2, 0.25) is 0 Å². The molecule has 1 aliphatic rings. The van der Waals surface area contributed by atoms with Gasteiger partial charge in [0, 0.05) is 19.6 Å². The summed E-state index contributed by atoms with van der Waals surface area (Å²) >= 11 is 0. The van der Waals surface area contributed by atoms with Crippen LogP contribution in [0.15, 0.2) is 0 Å². The van der Waals surface area contributed by atoms with Crippen molar-refractivity contribution in [2.75, 3.05) is 7.11 Å². The molecule has 1 aliphatic carbocycles. The number of rotatable bonds is 3. The van der Waals surface area contributed by atoms with Gasteiger partial charge in [0.25, 0.3) is 0 Å². The summed E-state index contributed by atoms with van der Waals surface area (Å²) in [5.41, 5.74) is 5.14. The molecule has 0 aromatic heterocycles. The molecule has 0 radical (unpaired) electrons. The molecule has 0 bridgehead atoms. The van der Waals surface area contributed by atoms with Crippen LogP contribution >= 0.6 is 0 Å². The van der Waals surface area contributed by atoms with Gasteiger partial charge < -0.3 is 15.6 Å². The summed E-state index contributed by atoms with van der Waals surface area (Å²) in [6.45, 7) is 1.96. The van der Waals surface area contributed by atoms with Crippen LogP contribution in [0.3, 0.4) is 0 Å². The first-order chi connectivity index (χ1) is 5.58. The summed E-state index contributed by atoms with van der Waals surface area (Å²) in [5, 5.41) is 10.1. The molecule has 0 aliphatic heterocycles. The summed E-state index contributed by atoms with van der Waals surface area (Å²) in [6.07, 6.45) is 3.55. The van der Waals surface area contributed by atoms with E-state index in [4.69, 9.17) is 10.5 Å². The van der Waals surface area contributed by atoms with E-state index in [1.165, 1.54) is 0 Å². The minimum Gasteiger partial charge on any atom is -0.388 e. The maximum Gasteiger partial charge on any atom is 0.0822 e. The molecule has 0 amide bonds. The van der Waals surface area contributed by atoms with Crippen molar-refractivity contribution in [1.29, 1.82) is 0 Å². The summed E-state index contributed by atoms with van der Waals surface area (Å²) in [5.74, 6) is 0. The molecule has 0 spiro atoms. The van der Waals surface area contributed by atoms with Crippen molar-refractivity contribution in [3.8, 4) is 0 Å². The van der Waals surface area contributed by atoms with E-state index < -0.39 is 5.60 Å². The second-order valence-electron chi connectivity index (χ2n) is 3.85. The normalized spacial score (nSPS) is 38.5. The molecule has 0 aromatic carbocycles. The zero-order chi connectivity index (χ0) is 9.19. The Hall–Kier alpha value is -0.120. The molecule has 1 fully saturated rings. The van der Waals surface area contributed by atoms with E-state index in [0.717, 1.165) is 19.3 Å². The number of hydrogen-bond donors (Lipinski definition) is 2. The average molecular weight is 173 g/mol. The summed E-state index contributed by atoms with van der Waals surface area (Å²) in [6, 6.07) is -0.0601. The zero-order valence-electron chi connectivity index (χ0n) is 7.92. The lowest BCUT2D eigenvalue weighted by molar-refractivity contribution is -0.0243. The van der Waals surface area contributed by atoms with Crippen molar-refractivity contribution in [3.63, 3.8) is 0 Å². The smallest absolute Gasteiger partial charge is 0.0822 e. The highest BCUT2D eigenvalue weighted by atomic mass is 16.5. The van der Waals surface area contributed by atoms with E-state index in [1.54, 1.807) is 7.11 Å². The summed E-state index contributed by atoms with van der Waals surface area (Å²) in [4.78, 5) is 0. The van der Waals surface area contributed by atoms with Gasteiger partial charge in [-0.1, -0.05) is 0 Å². The largest absolute Gasteiger partial charge is 0.388 e. The molecule has 3 atom stereocenters. The van der Waals surface area contributed by atoms with E-state index in [1.807, 2.05) is 6.92 Å². The van der Waals surface area contributed by atoms with E-state index in [2.05, 4.69) is 0 Å². The van der Waals surface area contributed by atoms with Crippen LogP contribution in [0.4, 0.5) is 0 Å². The van der Waals surface area contributed by atoms with Gasteiger partial charge in [0.05, 0.1) is 11.7 Å². The van der Waals surface area contributed by atoms with Crippen LogP contribution in [0.2, 0.25) is 0 Å². The predicted molar refractivity (Wildman–Crippen MR) is 47.9 cm³/mol. The third kappa shape index (κ3) is 1.97. The Balaban J connectivity index is 2.47. The monoisotopic (exact) mass is 173 g/mol. The first kappa shape index (κ1) is 9.96. The molecule has 3 heteroatoms. The Kier molecular flexibility index (Phi) is 3.09. The Morgan fingerprint density at radius 2 is 2.42 bits per heavy atom. The van der Waals surface area contributed by atoms with Crippen molar-refractivity contribution >= 4 is 0 Å². The highest BCUT2D eigenvalue weighted by Crippen LogP contribution is 2.32. The minimum absolute atomic E-state index is 0.0601. The fourth-order valence-corrected chi connectivity index (χ4v) is 1.92. The van der Waals surface area contributed by atoms with Crippen molar-refractivity contribution in [1.82, 2.24) is 0 Å². The molecule has 1 saturated carbocycles. The highest BCUT2D eigenvalue weighted by Gasteiger charge is 2.39. The lowest BCUT2D eigenvalue weighted by Gasteiger charge is -2.29. The van der Waals surface area contributed by atoms with E-state index in [0.29, 0.717) is 6.42 Å². The fraction of sp³-hybridized carbons (Fsp3) is 1.00. The SMILES string of the molecule is COC(C)CC1(O)CCCC1N. The Morgan fingerprint density at radius 1 is 1.75 bits per heavy atom. The first-order valence-electron chi connectivity index (χ1n) is 4.59. The molecule has 72 valence electrons. The van der Waals surface area contributed by atoms with E-state index in [9.17, 15) is 5.11 Å². The van der Waals surface area contributed by atoms with Crippen molar-refractivity contribution in [2.45, 2.75) is 50.4 Å². The summed E-state index contributed by atoms with van der Waals surface area (Å²) < 4.78 is 5.11. The van der Waals surface area contributed by atoms with Gasteiger partial charge in [0.15, 0.2) is 0 Å². The van der Waals surface area contributed by atoms with Gasteiger partial charge in [0.1, 0.15) is 0 Å². The number of nitrogens with two attached hydrogens (primary N) is 1. The number of aliphatic hydroxyl groups is 1. The van der Waals surface area contributed by atoms with Crippen LogP contribution < -0.4 is 5.73 Å². The summed E-state index contributed by atoms with van der Waals surface area (Å²) in [7, 11) is 1.66. The third-order valence-corrected chi connectivity index (χ3v) is 2.86. The van der Waals surface area contributed by atoms with Gasteiger partial charge in [-0.3, -0.25) is 0 Å². The topological polar surface area (TPSA) is 55.5 Å². The fourth-order valence-electron chi connectivity index (χ4n) is 1.92. The average Bonchev–Trinajstić information content (AvgIpc) is 2.32. The van der Waals surface area contributed by atoms with Crippen LogP contribution in [0.1, 0.15) is 32.6 Å². The molecule has 0 heterocycles. The first-order valence-corrected chi connectivity index (χ1v) is 4.59. The molecule has 12 heavy (non-hydrogen) atoms. The standard InChI is InChI=1S/C9H19NO2/c1-7(12-2)6-9(11)5-3-4-8(9)10/h7-8,11H,3-6,10H2,1-2H3. The molecule has 3 N–H and O–H groups in total. The van der Waals surface area contributed by atoms with Gasteiger partial charge in [-0.05, 0) is 26.2 Å². The lowest BCUT2D eigenvalue weighted by Crippen LogP contribution is -2.45. The number of hydrogen-bond acceptors (Lipinski definition) is 3. The van der Waals surface area contributed by atoms with Crippen LogP contribution in [0, 0.1) is 0 Å². The number of ether oxygens (including phenoxy) is 1. The van der Waals surface area contributed by atoms with Gasteiger partial charge in [-0.2, -0.15) is 0 Å². The van der Waals surface area contributed by atoms with E-state index in [-0.39, 0.29) is 12.1 Å². The van der Waals surface area contributed by atoms with Crippen molar-refractivity contribution < 1.29 is 9.84 Å². The van der Waals surface area contributed by atoms with Crippen LogP contribution in [0.25, 0.3) is 0 Å². The second-order valence-corrected chi connectivity index (χ2v) is 3.85. The second kappa shape index (κ2) is 3.73. The molecule has 3 nitrogen and oxygen atoms in total. The Morgan fingerprint density at radius 3 is 2.83 bits per heavy atom. The predicted octanol–water partition coefficient (Wildman–Crippen LogP) is 0.654. The zero-order valence-corrected chi connectivity index (χ0v) is 7.92. The molecule has 0 aromatic rings. The van der Waals surface area contributed by atoms with Gasteiger partial charge in [-0.15, -0.1) is 0 Å². The van der Waals surface area contributed by atoms with Crippen molar-refractivity contribution in [2.24, 2.45) is 5.73 Å². The van der Waals surface area contributed by atoms with Gasteiger partial charge >= 0.3 is 0 Å².